The van der Waals surface area contributed by atoms with Crippen LogP contribution in [0.4, 0.5) is 17.3 Å². The first-order valence-corrected chi connectivity index (χ1v) is 8.90. The van der Waals surface area contributed by atoms with E-state index in [-0.39, 0.29) is 0 Å². The first kappa shape index (κ1) is 19.4. The predicted molar refractivity (Wildman–Crippen MR) is 111 cm³/mol. The quantitative estimate of drug-likeness (QED) is 0.544. The van der Waals surface area contributed by atoms with Crippen LogP contribution in [0.25, 0.3) is 11.4 Å². The second kappa shape index (κ2) is 9.57. The fourth-order valence-electron chi connectivity index (χ4n) is 2.66. The molecule has 0 aliphatic rings. The van der Waals surface area contributed by atoms with Crippen LogP contribution in [0.2, 0.25) is 0 Å². The number of hydrogen-bond acceptors (Lipinski definition) is 7. The van der Waals surface area contributed by atoms with E-state index in [9.17, 15) is 0 Å². The number of nitrogens with zero attached hydrogens (tertiary/aromatic N) is 2. The Kier molecular flexibility index (Phi) is 6.64. The van der Waals surface area contributed by atoms with E-state index in [0.717, 1.165) is 11.3 Å². The average Bonchev–Trinajstić information content (AvgIpc) is 2.74. The first-order chi connectivity index (χ1) is 13.7. The molecule has 0 aliphatic carbocycles. The van der Waals surface area contributed by atoms with Crippen LogP contribution >= 0.6 is 0 Å². The summed E-state index contributed by atoms with van der Waals surface area (Å²) in [5, 5.41) is 6.57. The molecule has 1 heterocycles. The minimum atomic E-state index is 0.586. The largest absolute Gasteiger partial charge is 0.493 e. The van der Waals surface area contributed by atoms with E-state index < -0.39 is 0 Å². The third kappa shape index (κ3) is 4.89. The monoisotopic (exact) mass is 380 g/mol. The van der Waals surface area contributed by atoms with Gasteiger partial charge in [-0.3, -0.25) is 0 Å². The third-order valence-corrected chi connectivity index (χ3v) is 4.03. The van der Waals surface area contributed by atoms with Gasteiger partial charge in [-0.25, -0.2) is 9.97 Å². The van der Waals surface area contributed by atoms with E-state index in [2.05, 4.69) is 20.6 Å². The molecule has 2 aromatic carbocycles. The van der Waals surface area contributed by atoms with E-state index >= 15 is 0 Å². The van der Waals surface area contributed by atoms with Crippen LogP contribution < -0.4 is 20.1 Å². The Hall–Kier alpha value is -3.32. The molecular weight excluding hydrogens is 356 g/mol. The van der Waals surface area contributed by atoms with Crippen molar-refractivity contribution in [1.82, 2.24) is 9.97 Å². The lowest BCUT2D eigenvalue weighted by molar-refractivity contribution is 0.210. The van der Waals surface area contributed by atoms with Gasteiger partial charge in [0.1, 0.15) is 11.6 Å². The predicted octanol–water partition coefficient (Wildman–Crippen LogP) is 3.96. The topological polar surface area (TPSA) is 77.5 Å². The summed E-state index contributed by atoms with van der Waals surface area (Å²) in [6.45, 7) is 1.24. The smallest absolute Gasteiger partial charge is 0.163 e. The SMILES string of the molecule is COCCNc1cc(Nc2ccc(OC)c(OC)c2)nc(-c2ccccc2)n1. The molecule has 146 valence electrons. The molecular formula is C21H24N4O3. The normalized spacial score (nSPS) is 10.4. The van der Waals surface area contributed by atoms with E-state index in [1.165, 1.54) is 0 Å². The molecule has 0 unspecified atom stereocenters. The molecule has 3 aromatic rings. The van der Waals surface area contributed by atoms with Gasteiger partial charge in [-0.05, 0) is 12.1 Å². The van der Waals surface area contributed by atoms with Crippen LogP contribution in [0.15, 0.2) is 54.6 Å². The summed E-state index contributed by atoms with van der Waals surface area (Å²) in [6, 6.07) is 17.3. The van der Waals surface area contributed by atoms with E-state index in [1.807, 2.05) is 54.6 Å². The molecule has 0 atom stereocenters. The number of aromatic nitrogens is 2. The molecule has 0 bridgehead atoms. The van der Waals surface area contributed by atoms with Crippen LogP contribution in [0.1, 0.15) is 0 Å². The van der Waals surface area contributed by atoms with Crippen LogP contribution in [-0.2, 0) is 4.74 Å². The maximum absolute atomic E-state index is 5.37. The lowest BCUT2D eigenvalue weighted by Crippen LogP contribution is -2.10. The zero-order chi connectivity index (χ0) is 19.8. The highest BCUT2D eigenvalue weighted by atomic mass is 16.5. The van der Waals surface area contributed by atoms with Gasteiger partial charge in [-0.1, -0.05) is 30.3 Å². The van der Waals surface area contributed by atoms with Gasteiger partial charge >= 0.3 is 0 Å². The fraction of sp³-hybridized carbons (Fsp3) is 0.238. The van der Waals surface area contributed by atoms with Crippen LogP contribution in [0.5, 0.6) is 11.5 Å². The van der Waals surface area contributed by atoms with Gasteiger partial charge in [0.15, 0.2) is 17.3 Å². The maximum atomic E-state index is 5.37. The number of methoxy groups -OCH3 is 3. The lowest BCUT2D eigenvalue weighted by Gasteiger charge is -2.13. The Morgan fingerprint density at radius 3 is 2.29 bits per heavy atom. The Morgan fingerprint density at radius 1 is 0.821 bits per heavy atom. The van der Waals surface area contributed by atoms with Crippen molar-refractivity contribution >= 4 is 17.3 Å². The van der Waals surface area contributed by atoms with Crippen molar-refractivity contribution in [1.29, 1.82) is 0 Å². The molecule has 7 heteroatoms. The van der Waals surface area contributed by atoms with Crippen molar-refractivity contribution in [3.05, 3.63) is 54.6 Å². The molecule has 0 saturated carbocycles. The summed E-state index contributed by atoms with van der Waals surface area (Å²) in [4.78, 5) is 9.28. The lowest BCUT2D eigenvalue weighted by atomic mass is 10.2. The van der Waals surface area contributed by atoms with Gasteiger partial charge in [0.2, 0.25) is 0 Å². The molecule has 0 saturated heterocycles. The summed E-state index contributed by atoms with van der Waals surface area (Å²) >= 11 is 0. The molecule has 3 rings (SSSR count). The van der Waals surface area contributed by atoms with Crippen molar-refractivity contribution in [2.75, 3.05) is 45.1 Å². The fourth-order valence-corrected chi connectivity index (χ4v) is 2.66. The Morgan fingerprint density at radius 2 is 1.57 bits per heavy atom. The highest BCUT2D eigenvalue weighted by Gasteiger charge is 2.09. The minimum Gasteiger partial charge on any atom is -0.493 e. The number of ether oxygens (including phenoxy) is 3. The van der Waals surface area contributed by atoms with Crippen molar-refractivity contribution < 1.29 is 14.2 Å². The molecule has 0 aliphatic heterocycles. The summed E-state index contributed by atoms with van der Waals surface area (Å²) in [6.07, 6.45) is 0. The standard InChI is InChI=1S/C21H24N4O3/c1-26-12-11-22-19-14-20(25-21(24-19)15-7-5-4-6-8-15)23-16-9-10-17(27-2)18(13-16)28-3/h4-10,13-14H,11-12H2,1-3H3,(H2,22,23,24,25). The average molecular weight is 380 g/mol. The molecule has 0 radical (unpaired) electrons. The van der Waals surface area contributed by atoms with Gasteiger partial charge < -0.3 is 24.8 Å². The Balaban J connectivity index is 1.91. The second-order valence-electron chi connectivity index (χ2n) is 5.94. The minimum absolute atomic E-state index is 0.586. The highest BCUT2D eigenvalue weighted by Crippen LogP contribution is 2.31. The van der Waals surface area contributed by atoms with Gasteiger partial charge in [0, 0.05) is 37.0 Å². The van der Waals surface area contributed by atoms with E-state index in [0.29, 0.717) is 42.1 Å². The number of nitrogens with one attached hydrogen (secondary N) is 2. The number of hydrogen-bond donors (Lipinski definition) is 2. The van der Waals surface area contributed by atoms with Crippen LogP contribution in [0, 0.1) is 0 Å². The Bertz CT molecular complexity index is 903. The second-order valence-corrected chi connectivity index (χ2v) is 5.94. The zero-order valence-corrected chi connectivity index (χ0v) is 16.2. The number of benzene rings is 2. The molecule has 0 spiro atoms. The Labute approximate surface area is 164 Å². The van der Waals surface area contributed by atoms with E-state index in [1.54, 1.807) is 21.3 Å². The highest BCUT2D eigenvalue weighted by molar-refractivity contribution is 5.66. The van der Waals surface area contributed by atoms with Gasteiger partial charge in [-0.2, -0.15) is 0 Å². The molecule has 1 aromatic heterocycles. The molecule has 2 N–H and O–H groups in total. The maximum Gasteiger partial charge on any atom is 0.163 e. The van der Waals surface area contributed by atoms with E-state index in [4.69, 9.17) is 14.2 Å². The summed E-state index contributed by atoms with van der Waals surface area (Å²) in [5.74, 6) is 3.33. The summed E-state index contributed by atoms with van der Waals surface area (Å²) in [5.41, 5.74) is 1.77. The van der Waals surface area contributed by atoms with Crippen molar-refractivity contribution in [2.45, 2.75) is 0 Å². The zero-order valence-electron chi connectivity index (χ0n) is 16.2. The van der Waals surface area contributed by atoms with Gasteiger partial charge in [0.05, 0.1) is 20.8 Å². The molecule has 0 amide bonds. The molecule has 0 fully saturated rings. The van der Waals surface area contributed by atoms with Gasteiger partial charge in [-0.15, -0.1) is 0 Å². The number of rotatable bonds is 9. The summed E-state index contributed by atoms with van der Waals surface area (Å²) < 4.78 is 15.8. The first-order valence-electron chi connectivity index (χ1n) is 8.90. The number of anilines is 3. The van der Waals surface area contributed by atoms with Crippen molar-refractivity contribution in [2.24, 2.45) is 0 Å². The van der Waals surface area contributed by atoms with Crippen LogP contribution in [-0.4, -0.2) is 44.4 Å². The van der Waals surface area contributed by atoms with Crippen molar-refractivity contribution in [3.63, 3.8) is 0 Å². The summed E-state index contributed by atoms with van der Waals surface area (Å²) in [7, 11) is 4.89. The molecule has 28 heavy (non-hydrogen) atoms. The van der Waals surface area contributed by atoms with Crippen molar-refractivity contribution in [3.8, 4) is 22.9 Å². The van der Waals surface area contributed by atoms with Crippen LogP contribution in [0.3, 0.4) is 0 Å². The van der Waals surface area contributed by atoms with Gasteiger partial charge in [0.25, 0.3) is 0 Å². The third-order valence-electron chi connectivity index (χ3n) is 4.03. The molecule has 7 nitrogen and oxygen atoms in total.